The quantitative estimate of drug-likeness (QED) is 0.905. The number of rotatable bonds is 4. The molecule has 0 radical (unpaired) electrons. The van der Waals surface area contributed by atoms with Crippen molar-refractivity contribution in [1.82, 2.24) is 0 Å². The fourth-order valence-corrected chi connectivity index (χ4v) is 2.94. The number of hydrogen-bond donors (Lipinski definition) is 2. The molecule has 0 spiro atoms. The van der Waals surface area contributed by atoms with Crippen LogP contribution in [0.25, 0.3) is 0 Å². The molecule has 0 saturated heterocycles. The maximum absolute atomic E-state index is 13.8. The van der Waals surface area contributed by atoms with E-state index in [0.29, 0.717) is 5.02 Å². The summed E-state index contributed by atoms with van der Waals surface area (Å²) in [6, 6.07) is 6.26. The van der Waals surface area contributed by atoms with Crippen molar-refractivity contribution in [3.63, 3.8) is 0 Å². The Morgan fingerprint density at radius 2 is 2.17 bits per heavy atom. The van der Waals surface area contributed by atoms with Crippen molar-refractivity contribution >= 4 is 22.9 Å². The highest BCUT2D eigenvalue weighted by Crippen LogP contribution is 2.36. The van der Waals surface area contributed by atoms with E-state index in [1.54, 1.807) is 12.1 Å². The Bertz CT molecular complexity index is 497. The molecule has 0 fully saturated rings. The van der Waals surface area contributed by atoms with Crippen LogP contribution in [0.15, 0.2) is 35.0 Å². The summed E-state index contributed by atoms with van der Waals surface area (Å²) < 4.78 is 13.8. The van der Waals surface area contributed by atoms with E-state index in [1.807, 2.05) is 10.8 Å². The molecular formula is C13H13ClFNOS. The van der Waals surface area contributed by atoms with Gasteiger partial charge in [0.2, 0.25) is 0 Å². The summed E-state index contributed by atoms with van der Waals surface area (Å²) in [6.45, 7) is 0.123. The Morgan fingerprint density at radius 1 is 1.39 bits per heavy atom. The fourth-order valence-electron chi connectivity index (χ4n) is 1.95. The molecule has 3 N–H and O–H groups in total. The average molecular weight is 286 g/mol. The van der Waals surface area contributed by atoms with Gasteiger partial charge in [-0.1, -0.05) is 17.7 Å². The fraction of sp³-hybridized carbons (Fsp3) is 0.231. The van der Waals surface area contributed by atoms with Crippen LogP contribution in [0.2, 0.25) is 5.02 Å². The summed E-state index contributed by atoms with van der Waals surface area (Å²) >= 11 is 7.48. The lowest BCUT2D eigenvalue weighted by Gasteiger charge is -2.22. The minimum Gasteiger partial charge on any atom is -0.388 e. The van der Waals surface area contributed by atoms with Gasteiger partial charge in [-0.05, 0) is 34.5 Å². The van der Waals surface area contributed by atoms with Crippen LogP contribution in [-0.2, 0) is 0 Å². The van der Waals surface area contributed by atoms with Crippen LogP contribution in [-0.4, -0.2) is 11.7 Å². The number of hydrogen-bond acceptors (Lipinski definition) is 3. The molecule has 2 unspecified atom stereocenters. The zero-order valence-electron chi connectivity index (χ0n) is 9.51. The molecule has 0 aliphatic carbocycles. The topological polar surface area (TPSA) is 46.2 Å². The molecule has 2 rings (SSSR count). The highest BCUT2D eigenvalue weighted by Gasteiger charge is 2.26. The first kappa shape index (κ1) is 13.5. The monoisotopic (exact) mass is 285 g/mol. The molecule has 0 aliphatic heterocycles. The van der Waals surface area contributed by atoms with Crippen molar-refractivity contribution in [1.29, 1.82) is 0 Å². The first-order valence-electron chi connectivity index (χ1n) is 5.49. The molecule has 0 aliphatic rings. The van der Waals surface area contributed by atoms with Crippen LogP contribution in [0, 0.1) is 5.82 Å². The lowest BCUT2D eigenvalue weighted by atomic mass is 9.90. The Labute approximate surface area is 114 Å². The second-order valence-corrected chi connectivity index (χ2v) is 5.17. The summed E-state index contributed by atoms with van der Waals surface area (Å²) in [5, 5.41) is 14.2. The van der Waals surface area contributed by atoms with Crippen LogP contribution >= 0.6 is 22.9 Å². The minimum absolute atomic E-state index is 0.123. The SMILES string of the molecule is NCC(c1c(F)cccc1Cl)C(O)c1ccsc1. The number of thiophene rings is 1. The Kier molecular flexibility index (Phi) is 4.35. The van der Waals surface area contributed by atoms with E-state index < -0.39 is 17.8 Å². The van der Waals surface area contributed by atoms with Gasteiger partial charge in [0.15, 0.2) is 0 Å². The molecule has 96 valence electrons. The molecule has 0 amide bonds. The molecule has 0 saturated carbocycles. The summed E-state index contributed by atoms with van der Waals surface area (Å²) in [7, 11) is 0. The summed E-state index contributed by atoms with van der Waals surface area (Å²) in [4.78, 5) is 0. The molecule has 18 heavy (non-hydrogen) atoms. The first-order chi connectivity index (χ1) is 8.65. The van der Waals surface area contributed by atoms with Crippen LogP contribution < -0.4 is 5.73 Å². The third-order valence-corrected chi connectivity index (χ3v) is 3.92. The Hall–Kier alpha value is -0.940. The van der Waals surface area contributed by atoms with E-state index in [1.165, 1.54) is 23.5 Å². The zero-order valence-corrected chi connectivity index (χ0v) is 11.1. The van der Waals surface area contributed by atoms with Crippen LogP contribution in [0.5, 0.6) is 0 Å². The number of halogens is 2. The van der Waals surface area contributed by atoms with Gasteiger partial charge in [-0.25, -0.2) is 4.39 Å². The van der Waals surface area contributed by atoms with E-state index in [9.17, 15) is 9.50 Å². The van der Waals surface area contributed by atoms with Gasteiger partial charge in [0, 0.05) is 23.0 Å². The van der Waals surface area contributed by atoms with Gasteiger partial charge in [0.1, 0.15) is 5.82 Å². The third kappa shape index (κ3) is 2.57. The molecule has 2 nitrogen and oxygen atoms in total. The highest BCUT2D eigenvalue weighted by atomic mass is 35.5. The van der Waals surface area contributed by atoms with Crippen molar-refractivity contribution in [3.05, 3.63) is 57.0 Å². The maximum Gasteiger partial charge on any atom is 0.128 e. The van der Waals surface area contributed by atoms with Crippen LogP contribution in [0.3, 0.4) is 0 Å². The lowest BCUT2D eigenvalue weighted by molar-refractivity contribution is 0.146. The number of benzene rings is 1. The standard InChI is InChI=1S/C13H13ClFNOS/c14-10-2-1-3-11(15)12(10)9(6-16)13(17)8-4-5-18-7-8/h1-5,7,9,13,17H,6,16H2. The number of aliphatic hydroxyl groups is 1. The van der Waals surface area contributed by atoms with Crippen LogP contribution in [0.1, 0.15) is 23.1 Å². The van der Waals surface area contributed by atoms with Gasteiger partial charge in [0.05, 0.1) is 6.10 Å². The van der Waals surface area contributed by atoms with Crippen molar-refractivity contribution in [2.75, 3.05) is 6.54 Å². The van der Waals surface area contributed by atoms with E-state index in [2.05, 4.69) is 0 Å². The van der Waals surface area contributed by atoms with Crippen molar-refractivity contribution in [2.45, 2.75) is 12.0 Å². The van der Waals surface area contributed by atoms with Crippen molar-refractivity contribution < 1.29 is 9.50 Å². The van der Waals surface area contributed by atoms with Gasteiger partial charge < -0.3 is 10.8 Å². The molecule has 1 aromatic carbocycles. The van der Waals surface area contributed by atoms with Crippen molar-refractivity contribution in [3.8, 4) is 0 Å². The molecule has 2 atom stereocenters. The molecule has 0 bridgehead atoms. The third-order valence-electron chi connectivity index (χ3n) is 2.89. The summed E-state index contributed by atoms with van der Waals surface area (Å²) in [6.07, 6.45) is -0.851. The molecule has 1 heterocycles. The minimum atomic E-state index is -0.851. The Morgan fingerprint density at radius 3 is 2.72 bits per heavy atom. The van der Waals surface area contributed by atoms with Gasteiger partial charge in [0.25, 0.3) is 0 Å². The van der Waals surface area contributed by atoms with Gasteiger partial charge in [-0.2, -0.15) is 11.3 Å². The van der Waals surface area contributed by atoms with Crippen molar-refractivity contribution in [2.24, 2.45) is 5.73 Å². The highest BCUT2D eigenvalue weighted by molar-refractivity contribution is 7.07. The van der Waals surface area contributed by atoms with Gasteiger partial charge in [-0.3, -0.25) is 0 Å². The predicted molar refractivity (Wildman–Crippen MR) is 72.5 cm³/mol. The average Bonchev–Trinajstić information content (AvgIpc) is 2.87. The Balaban J connectivity index is 2.40. The molecule has 5 heteroatoms. The molecule has 1 aromatic heterocycles. The molecular weight excluding hydrogens is 273 g/mol. The van der Waals surface area contributed by atoms with Crippen LogP contribution in [0.4, 0.5) is 4.39 Å². The smallest absolute Gasteiger partial charge is 0.128 e. The lowest BCUT2D eigenvalue weighted by Crippen LogP contribution is -2.21. The molecule has 2 aromatic rings. The largest absolute Gasteiger partial charge is 0.388 e. The summed E-state index contributed by atoms with van der Waals surface area (Å²) in [5.41, 5.74) is 6.68. The number of nitrogens with two attached hydrogens (primary N) is 1. The predicted octanol–water partition coefficient (Wildman–Crippen LogP) is 3.32. The van der Waals surface area contributed by atoms with Gasteiger partial charge >= 0.3 is 0 Å². The number of aliphatic hydroxyl groups excluding tert-OH is 1. The maximum atomic E-state index is 13.8. The normalized spacial score (nSPS) is 14.4. The summed E-state index contributed by atoms with van der Waals surface area (Å²) in [5.74, 6) is -0.986. The van der Waals surface area contributed by atoms with E-state index >= 15 is 0 Å². The van der Waals surface area contributed by atoms with Gasteiger partial charge in [-0.15, -0.1) is 0 Å². The second kappa shape index (κ2) is 5.80. The first-order valence-corrected chi connectivity index (χ1v) is 6.81. The van der Waals surface area contributed by atoms with E-state index in [4.69, 9.17) is 17.3 Å². The van der Waals surface area contributed by atoms with E-state index in [0.717, 1.165) is 5.56 Å². The second-order valence-electron chi connectivity index (χ2n) is 3.98. The van der Waals surface area contributed by atoms with E-state index in [-0.39, 0.29) is 12.1 Å². The zero-order chi connectivity index (χ0) is 13.1.